The van der Waals surface area contributed by atoms with Crippen LogP contribution in [0.2, 0.25) is 5.02 Å². The molecule has 0 aliphatic carbocycles. The van der Waals surface area contributed by atoms with Crippen molar-refractivity contribution in [1.29, 1.82) is 0 Å². The monoisotopic (exact) mass is 291 g/mol. The maximum Gasteiger partial charge on any atom is 0.122 e. The summed E-state index contributed by atoms with van der Waals surface area (Å²) in [7, 11) is 0. The molecule has 0 unspecified atom stereocenters. The maximum atomic E-state index is 9.79. The third-order valence-corrected chi connectivity index (χ3v) is 3.47. The number of aliphatic hydroxyl groups excluding tert-OH is 1. The second-order valence-electron chi connectivity index (χ2n) is 4.62. The zero-order chi connectivity index (χ0) is 14.4. The average molecular weight is 292 g/mol. The Morgan fingerprint density at radius 2 is 1.90 bits per heavy atom. The number of benzene rings is 2. The predicted molar refractivity (Wildman–Crippen MR) is 82.3 cm³/mol. The molecule has 0 aromatic heterocycles. The molecule has 0 heterocycles. The summed E-state index contributed by atoms with van der Waals surface area (Å²) in [6.45, 7) is 0.667. The highest BCUT2D eigenvalue weighted by atomic mass is 35.5. The van der Waals surface area contributed by atoms with Gasteiger partial charge in [0.2, 0.25) is 0 Å². The van der Waals surface area contributed by atoms with Crippen LogP contribution in [0.15, 0.2) is 42.5 Å². The molecular weight excluding hydrogens is 274 g/mol. The van der Waals surface area contributed by atoms with Gasteiger partial charge in [-0.1, -0.05) is 29.8 Å². The predicted octanol–water partition coefficient (Wildman–Crippen LogP) is 3.58. The zero-order valence-electron chi connectivity index (χ0n) is 11.1. The van der Waals surface area contributed by atoms with Crippen molar-refractivity contribution in [2.75, 3.05) is 11.9 Å². The van der Waals surface area contributed by atoms with E-state index in [4.69, 9.17) is 16.7 Å². The molecule has 0 amide bonds. The van der Waals surface area contributed by atoms with Crippen molar-refractivity contribution in [3.8, 4) is 5.75 Å². The van der Waals surface area contributed by atoms with Gasteiger partial charge in [0.05, 0.1) is 0 Å². The third-order valence-electron chi connectivity index (χ3n) is 3.11. The number of hydrogen-bond donors (Lipinski definition) is 3. The molecule has 106 valence electrons. The molecule has 0 saturated heterocycles. The summed E-state index contributed by atoms with van der Waals surface area (Å²) in [4.78, 5) is 0. The number of nitrogens with one attached hydrogen (secondary N) is 1. The molecule has 20 heavy (non-hydrogen) atoms. The zero-order valence-corrected chi connectivity index (χ0v) is 11.9. The van der Waals surface area contributed by atoms with Gasteiger partial charge >= 0.3 is 0 Å². The van der Waals surface area contributed by atoms with Crippen LogP contribution in [-0.2, 0) is 13.0 Å². The highest BCUT2D eigenvalue weighted by Gasteiger charge is 2.05. The van der Waals surface area contributed by atoms with Gasteiger partial charge in [-0.05, 0) is 42.7 Å². The molecule has 3 nitrogen and oxygen atoms in total. The van der Waals surface area contributed by atoms with Crippen LogP contribution in [0.1, 0.15) is 17.5 Å². The molecule has 0 aliphatic heterocycles. The fourth-order valence-corrected chi connectivity index (χ4v) is 2.27. The van der Waals surface area contributed by atoms with E-state index >= 15 is 0 Å². The van der Waals surface area contributed by atoms with Crippen LogP contribution in [0.25, 0.3) is 0 Å². The van der Waals surface area contributed by atoms with Gasteiger partial charge in [-0.15, -0.1) is 0 Å². The Hall–Kier alpha value is -1.71. The summed E-state index contributed by atoms with van der Waals surface area (Å²) in [6, 6.07) is 13.1. The van der Waals surface area contributed by atoms with E-state index in [9.17, 15) is 5.11 Å². The van der Waals surface area contributed by atoms with Crippen molar-refractivity contribution in [3.63, 3.8) is 0 Å². The number of phenols is 1. The normalized spacial score (nSPS) is 10.5. The number of phenolic OH excluding ortho intramolecular Hbond substituents is 1. The SMILES string of the molecule is OCCCc1cccc(NCc2c(O)cccc2Cl)c1. The van der Waals surface area contributed by atoms with Crippen molar-refractivity contribution in [2.24, 2.45) is 0 Å². The van der Waals surface area contributed by atoms with Crippen LogP contribution in [0, 0.1) is 0 Å². The van der Waals surface area contributed by atoms with Crippen LogP contribution in [0.5, 0.6) is 5.75 Å². The van der Waals surface area contributed by atoms with Gasteiger partial charge in [0, 0.05) is 29.4 Å². The summed E-state index contributed by atoms with van der Waals surface area (Å²) in [5.41, 5.74) is 2.84. The Kier molecular flexibility index (Phi) is 5.27. The Morgan fingerprint density at radius 1 is 1.10 bits per heavy atom. The molecular formula is C16H18ClNO2. The number of anilines is 1. The number of aliphatic hydroxyl groups is 1. The van der Waals surface area contributed by atoms with Gasteiger partial charge in [-0.2, -0.15) is 0 Å². The van der Waals surface area contributed by atoms with E-state index in [1.54, 1.807) is 18.2 Å². The number of aryl methyl sites for hydroxylation is 1. The van der Waals surface area contributed by atoms with Gasteiger partial charge in [-0.25, -0.2) is 0 Å². The quantitative estimate of drug-likeness (QED) is 0.762. The van der Waals surface area contributed by atoms with Crippen LogP contribution >= 0.6 is 11.6 Å². The lowest BCUT2D eigenvalue weighted by atomic mass is 10.1. The Bertz CT molecular complexity index is 552. The number of rotatable bonds is 6. The smallest absolute Gasteiger partial charge is 0.122 e. The van der Waals surface area contributed by atoms with Gasteiger partial charge < -0.3 is 15.5 Å². The van der Waals surface area contributed by atoms with Gasteiger partial charge in [0.15, 0.2) is 0 Å². The first kappa shape index (κ1) is 14.7. The molecule has 0 bridgehead atoms. The second kappa shape index (κ2) is 7.17. The standard InChI is InChI=1S/C16H18ClNO2/c17-15-7-2-8-16(20)14(15)11-18-13-6-1-4-12(10-13)5-3-9-19/h1-2,4,6-8,10,18-20H,3,5,9,11H2. The molecule has 2 rings (SSSR count). The van der Waals surface area contributed by atoms with E-state index in [1.807, 2.05) is 24.3 Å². The summed E-state index contributed by atoms with van der Waals surface area (Å²) in [5.74, 6) is 0.196. The van der Waals surface area contributed by atoms with Crippen LogP contribution < -0.4 is 5.32 Å². The molecule has 0 aliphatic rings. The first-order valence-corrected chi connectivity index (χ1v) is 6.98. The van der Waals surface area contributed by atoms with Crippen molar-refractivity contribution in [2.45, 2.75) is 19.4 Å². The van der Waals surface area contributed by atoms with Crippen LogP contribution in [0.4, 0.5) is 5.69 Å². The highest BCUT2D eigenvalue weighted by Crippen LogP contribution is 2.26. The minimum absolute atomic E-state index is 0.196. The van der Waals surface area contributed by atoms with Crippen molar-refractivity contribution in [3.05, 3.63) is 58.6 Å². The summed E-state index contributed by atoms with van der Waals surface area (Å²) >= 11 is 6.07. The lowest BCUT2D eigenvalue weighted by molar-refractivity contribution is 0.288. The highest BCUT2D eigenvalue weighted by molar-refractivity contribution is 6.31. The first-order valence-electron chi connectivity index (χ1n) is 6.60. The first-order chi connectivity index (χ1) is 9.70. The molecule has 3 N–H and O–H groups in total. The van der Waals surface area contributed by atoms with Crippen molar-refractivity contribution in [1.82, 2.24) is 0 Å². The Morgan fingerprint density at radius 3 is 2.65 bits per heavy atom. The van der Waals surface area contributed by atoms with Crippen molar-refractivity contribution < 1.29 is 10.2 Å². The van der Waals surface area contributed by atoms with Crippen LogP contribution in [-0.4, -0.2) is 16.8 Å². The largest absolute Gasteiger partial charge is 0.508 e. The molecule has 4 heteroatoms. The van der Waals surface area contributed by atoms with E-state index in [1.165, 1.54) is 5.56 Å². The summed E-state index contributed by atoms with van der Waals surface area (Å²) in [5, 5.41) is 22.4. The van der Waals surface area contributed by atoms with E-state index in [-0.39, 0.29) is 12.4 Å². The molecule has 0 saturated carbocycles. The van der Waals surface area contributed by atoms with Gasteiger partial charge in [0.1, 0.15) is 5.75 Å². The topological polar surface area (TPSA) is 52.5 Å². The molecule has 0 fully saturated rings. The van der Waals surface area contributed by atoms with E-state index in [2.05, 4.69) is 5.32 Å². The molecule has 0 spiro atoms. The Labute approximate surface area is 123 Å². The minimum atomic E-state index is 0.196. The fraction of sp³-hybridized carbons (Fsp3) is 0.250. The van der Waals surface area contributed by atoms with Gasteiger partial charge in [-0.3, -0.25) is 0 Å². The van der Waals surface area contributed by atoms with E-state index in [0.717, 1.165) is 18.5 Å². The Balaban J connectivity index is 2.03. The summed E-state index contributed by atoms with van der Waals surface area (Å²) < 4.78 is 0. The second-order valence-corrected chi connectivity index (χ2v) is 5.03. The summed E-state index contributed by atoms with van der Waals surface area (Å²) in [6.07, 6.45) is 1.61. The molecule has 0 atom stereocenters. The lowest BCUT2D eigenvalue weighted by Gasteiger charge is -2.11. The van der Waals surface area contributed by atoms with Gasteiger partial charge in [0.25, 0.3) is 0 Å². The fourth-order valence-electron chi connectivity index (χ4n) is 2.03. The third kappa shape index (κ3) is 3.89. The number of halogens is 1. The lowest BCUT2D eigenvalue weighted by Crippen LogP contribution is -2.01. The molecule has 0 radical (unpaired) electrons. The minimum Gasteiger partial charge on any atom is -0.508 e. The van der Waals surface area contributed by atoms with E-state index in [0.29, 0.717) is 17.1 Å². The average Bonchev–Trinajstić information content (AvgIpc) is 2.45. The maximum absolute atomic E-state index is 9.79. The van der Waals surface area contributed by atoms with Crippen LogP contribution in [0.3, 0.4) is 0 Å². The van der Waals surface area contributed by atoms with Crippen molar-refractivity contribution >= 4 is 17.3 Å². The number of hydrogen-bond acceptors (Lipinski definition) is 3. The molecule has 2 aromatic rings. The van der Waals surface area contributed by atoms with E-state index < -0.39 is 0 Å². The molecule has 2 aromatic carbocycles. The number of aromatic hydroxyl groups is 1.